The summed E-state index contributed by atoms with van der Waals surface area (Å²) in [5.41, 5.74) is 1.22. The van der Waals surface area contributed by atoms with Crippen LogP contribution in [0.25, 0.3) is 10.8 Å². The Morgan fingerprint density at radius 2 is 1.95 bits per heavy atom. The molecule has 104 valence electrons. The van der Waals surface area contributed by atoms with Crippen LogP contribution in [0.15, 0.2) is 42.5 Å². The van der Waals surface area contributed by atoms with Crippen LogP contribution >= 0.6 is 0 Å². The van der Waals surface area contributed by atoms with E-state index in [9.17, 15) is 9.90 Å². The van der Waals surface area contributed by atoms with E-state index in [1.165, 1.54) is 16.3 Å². The van der Waals surface area contributed by atoms with Gasteiger partial charge in [-0.2, -0.15) is 0 Å². The van der Waals surface area contributed by atoms with Crippen molar-refractivity contribution < 1.29 is 9.90 Å². The van der Waals surface area contributed by atoms with Crippen LogP contribution < -0.4 is 0 Å². The van der Waals surface area contributed by atoms with E-state index in [0.717, 1.165) is 13.0 Å². The Morgan fingerprint density at radius 3 is 2.70 bits per heavy atom. The third kappa shape index (κ3) is 2.41. The molecule has 1 aliphatic rings. The predicted molar refractivity (Wildman–Crippen MR) is 79.7 cm³/mol. The maximum Gasteiger partial charge on any atom is 0.306 e. The van der Waals surface area contributed by atoms with Crippen LogP contribution in [-0.4, -0.2) is 29.6 Å². The number of rotatable bonds is 2. The van der Waals surface area contributed by atoms with Gasteiger partial charge in [-0.25, -0.2) is 0 Å². The predicted octanol–water partition coefficient (Wildman–Crippen LogP) is 3.31. The number of hydrogen-bond donors (Lipinski definition) is 1. The van der Waals surface area contributed by atoms with Crippen molar-refractivity contribution in [2.75, 3.05) is 13.6 Å². The fourth-order valence-corrected chi connectivity index (χ4v) is 3.11. The van der Waals surface area contributed by atoms with Crippen molar-refractivity contribution in [3.05, 3.63) is 48.0 Å². The molecule has 0 saturated carbocycles. The normalized spacial score (nSPS) is 23.9. The van der Waals surface area contributed by atoms with E-state index in [4.69, 9.17) is 0 Å². The van der Waals surface area contributed by atoms with Crippen molar-refractivity contribution in [1.82, 2.24) is 4.90 Å². The zero-order chi connectivity index (χ0) is 14.1. The van der Waals surface area contributed by atoms with Crippen molar-refractivity contribution in [3.63, 3.8) is 0 Å². The first kappa shape index (κ1) is 13.1. The SMILES string of the molecule is CN1CCC(C(=O)O)CC1c1ccc2ccccc2c1. The second-order valence-corrected chi connectivity index (χ2v) is 5.66. The molecule has 1 N–H and O–H groups in total. The average molecular weight is 269 g/mol. The highest BCUT2D eigenvalue weighted by molar-refractivity contribution is 5.83. The highest BCUT2D eigenvalue weighted by Gasteiger charge is 2.31. The Kier molecular flexibility index (Phi) is 3.45. The van der Waals surface area contributed by atoms with E-state index in [1.54, 1.807) is 0 Å². The van der Waals surface area contributed by atoms with Crippen LogP contribution in [0.5, 0.6) is 0 Å². The topological polar surface area (TPSA) is 40.5 Å². The van der Waals surface area contributed by atoms with Crippen LogP contribution in [0.1, 0.15) is 24.4 Å². The summed E-state index contributed by atoms with van der Waals surface area (Å²) >= 11 is 0. The number of piperidine rings is 1. The van der Waals surface area contributed by atoms with Crippen molar-refractivity contribution in [2.45, 2.75) is 18.9 Å². The molecule has 1 fully saturated rings. The summed E-state index contributed by atoms with van der Waals surface area (Å²) in [4.78, 5) is 13.5. The zero-order valence-electron chi connectivity index (χ0n) is 11.6. The summed E-state index contributed by atoms with van der Waals surface area (Å²) in [5, 5.41) is 11.7. The maximum atomic E-state index is 11.2. The van der Waals surface area contributed by atoms with Gasteiger partial charge in [0.2, 0.25) is 0 Å². The van der Waals surface area contributed by atoms with Crippen molar-refractivity contribution in [3.8, 4) is 0 Å². The largest absolute Gasteiger partial charge is 0.481 e. The number of fused-ring (bicyclic) bond motifs is 1. The van der Waals surface area contributed by atoms with E-state index in [-0.39, 0.29) is 12.0 Å². The molecule has 2 atom stereocenters. The molecule has 0 amide bonds. The molecule has 0 spiro atoms. The minimum atomic E-state index is -0.663. The smallest absolute Gasteiger partial charge is 0.306 e. The fourth-order valence-electron chi connectivity index (χ4n) is 3.11. The average Bonchev–Trinajstić information content (AvgIpc) is 2.47. The Labute approximate surface area is 118 Å². The van der Waals surface area contributed by atoms with E-state index in [2.05, 4.69) is 42.3 Å². The lowest BCUT2D eigenvalue weighted by molar-refractivity contribution is -0.144. The quantitative estimate of drug-likeness (QED) is 0.909. The van der Waals surface area contributed by atoms with Gasteiger partial charge < -0.3 is 5.11 Å². The number of aliphatic carboxylic acids is 1. The number of carboxylic acids is 1. The van der Waals surface area contributed by atoms with E-state index < -0.39 is 5.97 Å². The third-order valence-electron chi connectivity index (χ3n) is 4.38. The lowest BCUT2D eigenvalue weighted by Gasteiger charge is -2.36. The van der Waals surface area contributed by atoms with Crippen LogP contribution in [0.4, 0.5) is 0 Å². The Bertz CT molecular complexity index is 638. The first-order valence-corrected chi connectivity index (χ1v) is 7.07. The Balaban J connectivity index is 1.93. The molecular weight excluding hydrogens is 250 g/mol. The number of benzene rings is 2. The number of nitrogens with zero attached hydrogens (tertiary/aromatic N) is 1. The van der Waals surface area contributed by atoms with Crippen molar-refractivity contribution in [2.24, 2.45) is 5.92 Å². The van der Waals surface area contributed by atoms with E-state index in [0.29, 0.717) is 6.42 Å². The monoisotopic (exact) mass is 269 g/mol. The molecule has 2 aromatic rings. The second kappa shape index (κ2) is 5.25. The summed E-state index contributed by atoms with van der Waals surface area (Å²) in [5.74, 6) is -0.883. The maximum absolute atomic E-state index is 11.2. The third-order valence-corrected chi connectivity index (χ3v) is 4.38. The van der Waals surface area contributed by atoms with Gasteiger partial charge in [0, 0.05) is 6.04 Å². The summed E-state index contributed by atoms with van der Waals surface area (Å²) in [6, 6.07) is 14.9. The van der Waals surface area contributed by atoms with Crippen molar-refractivity contribution in [1.29, 1.82) is 0 Å². The fraction of sp³-hybridized carbons (Fsp3) is 0.353. The first-order valence-electron chi connectivity index (χ1n) is 7.07. The van der Waals surface area contributed by atoms with Gasteiger partial charge in [0.15, 0.2) is 0 Å². The first-order chi connectivity index (χ1) is 9.65. The van der Waals surface area contributed by atoms with Crippen LogP contribution in [-0.2, 0) is 4.79 Å². The molecule has 20 heavy (non-hydrogen) atoms. The van der Waals surface area contributed by atoms with Gasteiger partial charge in [0.05, 0.1) is 5.92 Å². The standard InChI is InChI=1S/C17H19NO2/c1-18-9-8-15(17(19)20)11-16(18)14-7-6-12-4-2-3-5-13(12)10-14/h2-7,10,15-16H,8-9,11H2,1H3,(H,19,20). The number of carboxylic acid groups (broad SMARTS) is 1. The summed E-state index contributed by atoms with van der Waals surface area (Å²) < 4.78 is 0. The minimum Gasteiger partial charge on any atom is -0.481 e. The second-order valence-electron chi connectivity index (χ2n) is 5.66. The molecule has 1 heterocycles. The van der Waals surface area contributed by atoms with Crippen LogP contribution in [0.3, 0.4) is 0 Å². The van der Waals surface area contributed by atoms with E-state index >= 15 is 0 Å². The molecule has 1 aliphatic heterocycles. The summed E-state index contributed by atoms with van der Waals surface area (Å²) in [6.07, 6.45) is 1.44. The highest BCUT2D eigenvalue weighted by Crippen LogP contribution is 2.34. The molecule has 0 bridgehead atoms. The molecule has 0 radical (unpaired) electrons. The molecule has 2 aromatic carbocycles. The Hall–Kier alpha value is -1.87. The lowest BCUT2D eigenvalue weighted by atomic mass is 9.87. The van der Waals surface area contributed by atoms with Gasteiger partial charge in [-0.1, -0.05) is 36.4 Å². The van der Waals surface area contributed by atoms with Gasteiger partial charge in [0.1, 0.15) is 0 Å². The van der Waals surface area contributed by atoms with E-state index in [1.807, 2.05) is 12.1 Å². The number of hydrogen-bond acceptors (Lipinski definition) is 2. The molecule has 3 heteroatoms. The zero-order valence-corrected chi connectivity index (χ0v) is 11.6. The summed E-state index contributed by atoms with van der Waals surface area (Å²) in [6.45, 7) is 0.842. The van der Waals surface area contributed by atoms with Gasteiger partial charge in [0.25, 0.3) is 0 Å². The molecule has 2 unspecified atom stereocenters. The summed E-state index contributed by atoms with van der Waals surface area (Å²) in [7, 11) is 2.08. The van der Waals surface area contributed by atoms with Gasteiger partial charge in [-0.05, 0) is 48.8 Å². The Morgan fingerprint density at radius 1 is 1.20 bits per heavy atom. The van der Waals surface area contributed by atoms with Gasteiger partial charge in [-0.3, -0.25) is 9.69 Å². The van der Waals surface area contributed by atoms with Crippen LogP contribution in [0.2, 0.25) is 0 Å². The number of carbonyl (C=O) groups is 1. The van der Waals surface area contributed by atoms with Gasteiger partial charge in [-0.15, -0.1) is 0 Å². The molecule has 0 aromatic heterocycles. The lowest BCUT2D eigenvalue weighted by Crippen LogP contribution is -2.36. The van der Waals surface area contributed by atoms with Gasteiger partial charge >= 0.3 is 5.97 Å². The van der Waals surface area contributed by atoms with Crippen molar-refractivity contribution >= 4 is 16.7 Å². The molecule has 1 saturated heterocycles. The molecule has 3 rings (SSSR count). The molecule has 0 aliphatic carbocycles. The number of likely N-dealkylation sites (tertiary alicyclic amines) is 1. The highest BCUT2D eigenvalue weighted by atomic mass is 16.4. The van der Waals surface area contributed by atoms with Crippen LogP contribution in [0, 0.1) is 5.92 Å². The minimum absolute atomic E-state index is 0.203. The molecule has 3 nitrogen and oxygen atoms in total. The molecular formula is C17H19NO2.